The molecule has 0 radical (unpaired) electrons. The highest BCUT2D eigenvalue weighted by atomic mass is 19.1. The maximum Gasteiger partial charge on any atom is 0.270 e. The molecule has 0 spiro atoms. The highest BCUT2D eigenvalue weighted by Crippen LogP contribution is 2.29. The van der Waals surface area contributed by atoms with Crippen molar-refractivity contribution >= 4 is 22.7 Å². The van der Waals surface area contributed by atoms with Gasteiger partial charge in [0, 0.05) is 49.2 Å². The fourth-order valence-corrected chi connectivity index (χ4v) is 4.99. The first-order valence-electron chi connectivity index (χ1n) is 11.6. The molecule has 0 saturated carbocycles. The third-order valence-corrected chi connectivity index (χ3v) is 7.00. The predicted octanol–water partition coefficient (Wildman–Crippen LogP) is 3.97. The second kappa shape index (κ2) is 8.57. The number of aromatic nitrogens is 3. The summed E-state index contributed by atoms with van der Waals surface area (Å²) >= 11 is 0. The van der Waals surface area contributed by atoms with E-state index in [1.807, 2.05) is 23.6 Å². The van der Waals surface area contributed by atoms with Crippen molar-refractivity contribution in [1.82, 2.24) is 24.8 Å². The summed E-state index contributed by atoms with van der Waals surface area (Å²) in [5.74, 6) is 0.543. The van der Waals surface area contributed by atoms with Crippen molar-refractivity contribution in [2.75, 3.05) is 26.2 Å². The van der Waals surface area contributed by atoms with Crippen molar-refractivity contribution in [3.8, 4) is 0 Å². The van der Waals surface area contributed by atoms with Crippen molar-refractivity contribution in [3.05, 3.63) is 58.6 Å². The number of rotatable bonds is 3. The van der Waals surface area contributed by atoms with Gasteiger partial charge in [0.1, 0.15) is 17.3 Å². The van der Waals surface area contributed by atoms with Crippen molar-refractivity contribution in [3.63, 3.8) is 0 Å². The lowest BCUT2D eigenvalue weighted by molar-refractivity contribution is 0.0704. The van der Waals surface area contributed by atoms with Gasteiger partial charge in [-0.25, -0.2) is 14.4 Å². The summed E-state index contributed by atoms with van der Waals surface area (Å²) < 4.78 is 13.6. The zero-order chi connectivity index (χ0) is 23.1. The van der Waals surface area contributed by atoms with Gasteiger partial charge >= 0.3 is 0 Å². The van der Waals surface area contributed by atoms with Crippen LogP contribution in [0.2, 0.25) is 0 Å². The molecular formula is C25H28FN5O2. The van der Waals surface area contributed by atoms with E-state index in [0.717, 1.165) is 66.8 Å². The largest absolute Gasteiger partial charge is 0.350 e. The number of hydrogen-bond donors (Lipinski definition) is 1. The first-order valence-corrected chi connectivity index (χ1v) is 11.6. The molecule has 1 aromatic carbocycles. The number of carbonyl (C=O) groups is 2. The standard InChI is InChI=1S/C25H28FN5O2/c1-15-19-13-18(26)5-6-21(19)29-22(15)25(33)31-11-7-17(8-12-31)23-27-14-20(16(2)28-23)24(32)30-9-3-4-10-30/h5-6,13-14,17,29H,3-4,7-12H2,1-2H3. The molecule has 0 aliphatic carbocycles. The number of hydrogen-bond acceptors (Lipinski definition) is 4. The van der Waals surface area contributed by atoms with Crippen LogP contribution in [0.25, 0.3) is 10.9 Å². The molecule has 0 bridgehead atoms. The van der Waals surface area contributed by atoms with Gasteiger partial charge in [-0.15, -0.1) is 0 Å². The highest BCUT2D eigenvalue weighted by Gasteiger charge is 2.29. The summed E-state index contributed by atoms with van der Waals surface area (Å²) in [7, 11) is 0. The van der Waals surface area contributed by atoms with Crippen LogP contribution < -0.4 is 0 Å². The Labute approximate surface area is 192 Å². The lowest BCUT2D eigenvalue weighted by Gasteiger charge is -2.31. The number of aryl methyl sites for hydroxylation is 2. The zero-order valence-corrected chi connectivity index (χ0v) is 19.0. The Balaban J connectivity index is 1.26. The number of H-pyrrole nitrogens is 1. The van der Waals surface area contributed by atoms with E-state index in [4.69, 9.17) is 0 Å². The summed E-state index contributed by atoms with van der Waals surface area (Å²) in [5, 5.41) is 0.737. The lowest BCUT2D eigenvalue weighted by atomic mass is 9.95. The Morgan fingerprint density at radius 2 is 1.73 bits per heavy atom. The van der Waals surface area contributed by atoms with Gasteiger partial charge in [-0.05, 0) is 63.3 Å². The van der Waals surface area contributed by atoms with Crippen LogP contribution in [0.15, 0.2) is 24.4 Å². The van der Waals surface area contributed by atoms with E-state index in [-0.39, 0.29) is 23.5 Å². The molecule has 7 nitrogen and oxygen atoms in total. The van der Waals surface area contributed by atoms with E-state index in [0.29, 0.717) is 24.3 Å². The Hall–Kier alpha value is -3.29. The molecule has 3 aromatic rings. The summed E-state index contributed by atoms with van der Waals surface area (Å²) in [6, 6.07) is 4.52. The van der Waals surface area contributed by atoms with Gasteiger partial charge < -0.3 is 14.8 Å². The van der Waals surface area contributed by atoms with Crippen molar-refractivity contribution < 1.29 is 14.0 Å². The van der Waals surface area contributed by atoms with Gasteiger partial charge in [0.05, 0.1) is 11.3 Å². The molecule has 33 heavy (non-hydrogen) atoms. The van der Waals surface area contributed by atoms with Crippen LogP contribution in [0.3, 0.4) is 0 Å². The molecule has 0 atom stereocenters. The zero-order valence-electron chi connectivity index (χ0n) is 19.0. The maximum atomic E-state index is 13.6. The Morgan fingerprint density at radius 1 is 1.03 bits per heavy atom. The normalized spacial score (nSPS) is 17.2. The number of piperidine rings is 1. The molecule has 2 amide bonds. The number of aromatic amines is 1. The van der Waals surface area contributed by atoms with Gasteiger partial charge in [0.15, 0.2) is 0 Å². The number of carbonyl (C=O) groups excluding carboxylic acids is 2. The van der Waals surface area contributed by atoms with Crippen LogP contribution in [0, 0.1) is 19.7 Å². The van der Waals surface area contributed by atoms with E-state index < -0.39 is 0 Å². The molecule has 172 valence electrons. The Kier molecular flexibility index (Phi) is 5.60. The summed E-state index contributed by atoms with van der Waals surface area (Å²) in [6.07, 6.45) is 5.30. The summed E-state index contributed by atoms with van der Waals surface area (Å²) in [4.78, 5) is 41.9. The fraction of sp³-hybridized carbons (Fsp3) is 0.440. The van der Waals surface area contributed by atoms with Crippen LogP contribution in [0.1, 0.15) is 69.5 Å². The maximum absolute atomic E-state index is 13.6. The second-order valence-electron chi connectivity index (χ2n) is 9.11. The van der Waals surface area contributed by atoms with Crippen LogP contribution in [-0.4, -0.2) is 62.7 Å². The first-order chi connectivity index (χ1) is 15.9. The van der Waals surface area contributed by atoms with Crippen molar-refractivity contribution in [1.29, 1.82) is 0 Å². The number of nitrogens with zero attached hydrogens (tertiary/aromatic N) is 4. The SMILES string of the molecule is Cc1nc(C2CCN(C(=O)c3[nH]c4ccc(F)cc4c3C)CC2)ncc1C(=O)N1CCCC1. The number of nitrogens with one attached hydrogen (secondary N) is 1. The first kappa shape index (κ1) is 21.6. The monoisotopic (exact) mass is 449 g/mol. The van der Waals surface area contributed by atoms with E-state index in [1.165, 1.54) is 12.1 Å². The van der Waals surface area contributed by atoms with E-state index >= 15 is 0 Å². The van der Waals surface area contributed by atoms with Crippen LogP contribution in [-0.2, 0) is 0 Å². The number of benzene rings is 1. The highest BCUT2D eigenvalue weighted by molar-refractivity contribution is 6.01. The van der Waals surface area contributed by atoms with Gasteiger partial charge in [0.25, 0.3) is 11.8 Å². The average Bonchev–Trinajstić information content (AvgIpc) is 3.47. The van der Waals surface area contributed by atoms with E-state index in [1.54, 1.807) is 12.3 Å². The van der Waals surface area contributed by atoms with E-state index in [9.17, 15) is 14.0 Å². The molecular weight excluding hydrogens is 421 g/mol. The van der Waals surface area contributed by atoms with Gasteiger partial charge in [-0.1, -0.05) is 0 Å². The smallest absolute Gasteiger partial charge is 0.270 e. The molecule has 1 N–H and O–H groups in total. The molecule has 2 aliphatic rings. The topological polar surface area (TPSA) is 82.2 Å². The molecule has 2 saturated heterocycles. The molecule has 4 heterocycles. The molecule has 8 heteroatoms. The molecule has 2 aliphatic heterocycles. The minimum Gasteiger partial charge on any atom is -0.350 e. The van der Waals surface area contributed by atoms with Gasteiger partial charge in [0.2, 0.25) is 0 Å². The fourth-order valence-electron chi connectivity index (χ4n) is 4.99. The predicted molar refractivity (Wildman–Crippen MR) is 123 cm³/mol. The van der Waals surface area contributed by atoms with E-state index in [2.05, 4.69) is 15.0 Å². The van der Waals surface area contributed by atoms with Crippen LogP contribution in [0.5, 0.6) is 0 Å². The average molecular weight is 450 g/mol. The van der Waals surface area contributed by atoms with Crippen molar-refractivity contribution in [2.45, 2.75) is 45.4 Å². The molecule has 0 unspecified atom stereocenters. The number of likely N-dealkylation sites (tertiary alicyclic amines) is 2. The molecule has 2 aromatic heterocycles. The minimum atomic E-state index is -0.312. The van der Waals surface area contributed by atoms with Crippen LogP contribution >= 0.6 is 0 Å². The summed E-state index contributed by atoms with van der Waals surface area (Å²) in [5.41, 5.74) is 3.36. The molecule has 5 rings (SSSR count). The second-order valence-corrected chi connectivity index (χ2v) is 9.11. The lowest BCUT2D eigenvalue weighted by Crippen LogP contribution is -2.38. The Bertz CT molecular complexity index is 1220. The number of amides is 2. The van der Waals surface area contributed by atoms with Crippen LogP contribution in [0.4, 0.5) is 4.39 Å². The third-order valence-electron chi connectivity index (χ3n) is 7.00. The van der Waals surface area contributed by atoms with Gasteiger partial charge in [-0.3, -0.25) is 9.59 Å². The Morgan fingerprint density at radius 3 is 2.42 bits per heavy atom. The third kappa shape index (κ3) is 3.98. The summed E-state index contributed by atoms with van der Waals surface area (Å²) in [6.45, 7) is 6.52. The van der Waals surface area contributed by atoms with Gasteiger partial charge in [-0.2, -0.15) is 0 Å². The molecule has 2 fully saturated rings. The number of halogens is 1. The van der Waals surface area contributed by atoms with Crippen molar-refractivity contribution in [2.24, 2.45) is 0 Å². The quantitative estimate of drug-likeness (QED) is 0.656. The number of fused-ring (bicyclic) bond motifs is 1. The minimum absolute atomic E-state index is 0.0190.